The van der Waals surface area contributed by atoms with Crippen LogP contribution in [0.3, 0.4) is 0 Å². The number of nitrogens with zero attached hydrogens (tertiary/aromatic N) is 5. The van der Waals surface area contributed by atoms with E-state index in [1.54, 1.807) is 24.3 Å². The number of amides is 1. The zero-order chi connectivity index (χ0) is 35.9. The van der Waals surface area contributed by atoms with Gasteiger partial charge in [0.15, 0.2) is 5.78 Å². The number of methoxy groups -OCH3 is 1. The smallest absolute Gasteiger partial charge is 0.351 e. The third-order valence-electron chi connectivity index (χ3n) is 7.46. The predicted octanol–water partition coefficient (Wildman–Crippen LogP) is 4.70. The molecule has 0 spiro atoms. The second kappa shape index (κ2) is 15.6. The molecule has 1 amide bonds. The lowest BCUT2D eigenvalue weighted by atomic mass is 9.96. The topological polar surface area (TPSA) is 208 Å². The minimum Gasteiger partial charge on any atom is -0.495 e. The number of carbonyl (C=O) groups excluding carboxylic acids is 2. The molecule has 0 aliphatic carbocycles. The van der Waals surface area contributed by atoms with Crippen LogP contribution in [0, 0.1) is 27.7 Å². The molecule has 1 aromatic heterocycles. The lowest BCUT2D eigenvalue weighted by molar-refractivity contribution is -0.120. The number of Topliss-reactive ketones (excluding diaryl/α,β-unsaturated/α-hetero) is 1. The van der Waals surface area contributed by atoms with Crippen LogP contribution in [-0.2, 0) is 26.1 Å². The van der Waals surface area contributed by atoms with Gasteiger partial charge in [-0.1, -0.05) is 36.4 Å². The van der Waals surface area contributed by atoms with E-state index in [2.05, 4.69) is 35.8 Å². The van der Waals surface area contributed by atoms with Crippen LogP contribution >= 0.6 is 0 Å². The average molecular weight is 691 g/mol. The third kappa shape index (κ3) is 9.55. The molecule has 258 valence electrons. The Morgan fingerprint density at radius 2 is 1.65 bits per heavy atom. The van der Waals surface area contributed by atoms with E-state index < -0.39 is 27.7 Å². The van der Waals surface area contributed by atoms with Gasteiger partial charge in [-0.25, -0.2) is 4.79 Å². The Bertz CT molecular complexity index is 2020. The number of hydrogen-bond acceptors (Lipinski definition) is 12. The predicted molar refractivity (Wildman–Crippen MR) is 186 cm³/mol. The van der Waals surface area contributed by atoms with Crippen molar-refractivity contribution in [2.45, 2.75) is 47.2 Å². The van der Waals surface area contributed by atoms with Gasteiger partial charge < -0.3 is 15.4 Å². The highest BCUT2D eigenvalue weighted by Gasteiger charge is 2.25. The first-order valence-electron chi connectivity index (χ1n) is 15.1. The molecule has 0 fully saturated rings. The Morgan fingerprint density at radius 1 is 1.04 bits per heavy atom. The standard InChI is InChI=1S/C33H38N8O7S/c1-19-13-24(14-20(2)28(19)35-32-36-31(37-33(44)38-32)34-11-12-49(45,46)47)17-25-15-21(3)29(22(4)16-25)39-40-30(23(5)43)41(18-42)26-9-7-8-10-27(26)48-6/h7-10,13-16,18,30H,11-12,17H2,1-6H3,(H,45,46,47)(H3,34,35,36,37,38,44). The van der Waals surface area contributed by atoms with Crippen LogP contribution in [0.25, 0.3) is 0 Å². The summed E-state index contributed by atoms with van der Waals surface area (Å²) >= 11 is 0. The zero-order valence-corrected chi connectivity index (χ0v) is 28.8. The van der Waals surface area contributed by atoms with Gasteiger partial charge in [-0.15, -0.1) is 0 Å². The Kier molecular flexibility index (Phi) is 11.6. The van der Waals surface area contributed by atoms with Crippen molar-refractivity contribution in [3.63, 3.8) is 0 Å². The second-order valence-electron chi connectivity index (χ2n) is 11.4. The molecule has 0 saturated heterocycles. The van der Waals surface area contributed by atoms with Gasteiger partial charge in [0, 0.05) is 12.2 Å². The van der Waals surface area contributed by atoms with Gasteiger partial charge >= 0.3 is 5.69 Å². The minimum absolute atomic E-state index is 0.0927. The number of carbonyl (C=O) groups is 2. The first-order chi connectivity index (χ1) is 23.2. The maximum atomic E-state index is 12.6. The molecule has 49 heavy (non-hydrogen) atoms. The third-order valence-corrected chi connectivity index (χ3v) is 8.18. The molecule has 4 aromatic rings. The normalized spacial score (nSPS) is 12.1. The SMILES string of the molecule is COc1ccccc1N(C=O)C(N=Nc1c(C)cc(Cc2cc(C)c(Nc3nc(NCCS(=O)(=O)O)nc(=O)[nH]3)c(C)c2)cc1C)C(C)=O. The van der Waals surface area contributed by atoms with Crippen molar-refractivity contribution in [2.24, 2.45) is 10.2 Å². The Morgan fingerprint density at radius 3 is 2.22 bits per heavy atom. The van der Waals surface area contributed by atoms with Crippen molar-refractivity contribution >= 4 is 51.3 Å². The fraction of sp³-hybridized carbons (Fsp3) is 0.303. The Labute approximate surface area is 283 Å². The van der Waals surface area contributed by atoms with Crippen molar-refractivity contribution in [3.8, 4) is 5.75 Å². The molecule has 0 aliphatic rings. The van der Waals surface area contributed by atoms with E-state index in [1.807, 2.05) is 52.0 Å². The number of aromatic nitrogens is 3. The summed E-state index contributed by atoms with van der Waals surface area (Å²) in [6.45, 7) is 8.82. The van der Waals surface area contributed by atoms with Crippen molar-refractivity contribution in [1.29, 1.82) is 0 Å². The minimum atomic E-state index is -4.19. The molecule has 16 heteroatoms. The van der Waals surface area contributed by atoms with Crippen molar-refractivity contribution in [3.05, 3.63) is 92.4 Å². The van der Waals surface area contributed by atoms with Crippen molar-refractivity contribution in [2.75, 3.05) is 34.9 Å². The van der Waals surface area contributed by atoms with Gasteiger partial charge in [0.05, 0.1) is 24.2 Å². The number of ether oxygens (including phenoxy) is 1. The van der Waals surface area contributed by atoms with Crippen LogP contribution in [0.15, 0.2) is 63.6 Å². The fourth-order valence-electron chi connectivity index (χ4n) is 5.36. The summed E-state index contributed by atoms with van der Waals surface area (Å²) in [4.78, 5) is 48.4. The van der Waals surface area contributed by atoms with E-state index in [9.17, 15) is 22.8 Å². The number of aromatic amines is 1. The molecular formula is C33H38N8O7S. The number of para-hydroxylation sites is 2. The number of H-pyrrole nitrogens is 1. The summed E-state index contributed by atoms with van der Waals surface area (Å²) in [6, 6.07) is 14.9. The summed E-state index contributed by atoms with van der Waals surface area (Å²) in [5.74, 6) is -0.497. The number of anilines is 4. The highest BCUT2D eigenvalue weighted by atomic mass is 32.2. The van der Waals surface area contributed by atoms with Crippen LogP contribution in [0.5, 0.6) is 5.75 Å². The van der Waals surface area contributed by atoms with Gasteiger partial charge in [-0.3, -0.25) is 24.0 Å². The maximum absolute atomic E-state index is 12.6. The summed E-state index contributed by atoms with van der Waals surface area (Å²) < 4.78 is 36.3. The first-order valence-corrected chi connectivity index (χ1v) is 16.7. The quantitative estimate of drug-likeness (QED) is 0.0763. The van der Waals surface area contributed by atoms with Gasteiger partial charge in [0.25, 0.3) is 10.1 Å². The number of azo groups is 1. The van der Waals surface area contributed by atoms with Gasteiger partial charge in [-0.2, -0.15) is 28.6 Å². The molecule has 1 unspecified atom stereocenters. The van der Waals surface area contributed by atoms with Gasteiger partial charge in [-0.05, 0) is 86.6 Å². The lowest BCUT2D eigenvalue weighted by Gasteiger charge is -2.24. The number of nitrogens with one attached hydrogen (secondary N) is 3. The first kappa shape index (κ1) is 36.4. The number of hydrogen-bond donors (Lipinski definition) is 4. The highest BCUT2D eigenvalue weighted by Crippen LogP contribution is 2.32. The molecule has 15 nitrogen and oxygen atoms in total. The van der Waals surface area contributed by atoms with Crippen LogP contribution in [0.2, 0.25) is 0 Å². The Hall–Kier alpha value is -5.48. The summed E-state index contributed by atoms with van der Waals surface area (Å²) in [6.07, 6.45) is -0.0381. The molecule has 1 atom stereocenters. The monoisotopic (exact) mass is 690 g/mol. The molecule has 0 saturated carbocycles. The largest absolute Gasteiger partial charge is 0.495 e. The van der Waals surface area contributed by atoms with Crippen LogP contribution in [-0.4, -0.2) is 65.7 Å². The average Bonchev–Trinajstić information content (AvgIpc) is 3.01. The fourth-order valence-corrected chi connectivity index (χ4v) is 5.72. The molecule has 1 heterocycles. The number of aryl methyl sites for hydroxylation is 4. The molecule has 4 N–H and O–H groups in total. The van der Waals surface area contributed by atoms with E-state index in [4.69, 9.17) is 9.29 Å². The van der Waals surface area contributed by atoms with Gasteiger partial charge in [0.1, 0.15) is 5.75 Å². The summed E-state index contributed by atoms with van der Waals surface area (Å²) in [5.41, 5.74) is 6.55. The van der Waals surface area contributed by atoms with E-state index in [0.717, 1.165) is 39.1 Å². The van der Waals surface area contributed by atoms with E-state index in [1.165, 1.54) is 18.9 Å². The molecule has 0 aliphatic heterocycles. The van der Waals surface area contributed by atoms with Crippen LogP contribution in [0.1, 0.15) is 40.3 Å². The lowest BCUT2D eigenvalue weighted by Crippen LogP contribution is -2.38. The van der Waals surface area contributed by atoms with Crippen LogP contribution < -0.4 is 26.0 Å². The highest BCUT2D eigenvalue weighted by molar-refractivity contribution is 7.85. The number of ketones is 1. The van der Waals surface area contributed by atoms with E-state index in [0.29, 0.717) is 30.0 Å². The second-order valence-corrected chi connectivity index (χ2v) is 13.0. The van der Waals surface area contributed by atoms with Gasteiger partial charge in [0.2, 0.25) is 24.5 Å². The molecular weight excluding hydrogens is 652 g/mol. The zero-order valence-electron chi connectivity index (χ0n) is 27.9. The number of rotatable bonds is 15. The number of benzene rings is 3. The molecule has 0 bridgehead atoms. The van der Waals surface area contributed by atoms with Crippen molar-refractivity contribution in [1.82, 2.24) is 15.0 Å². The molecule has 3 aromatic carbocycles. The summed E-state index contributed by atoms with van der Waals surface area (Å²) in [7, 11) is -2.71. The molecule has 4 rings (SSSR count). The maximum Gasteiger partial charge on any atom is 0.351 e. The van der Waals surface area contributed by atoms with Crippen molar-refractivity contribution < 1.29 is 27.3 Å². The Balaban J connectivity index is 1.53. The van der Waals surface area contributed by atoms with E-state index in [-0.39, 0.29) is 24.2 Å². The summed E-state index contributed by atoms with van der Waals surface area (Å²) in [5, 5.41) is 14.4. The van der Waals surface area contributed by atoms with Crippen LogP contribution in [0.4, 0.5) is 29.0 Å². The van der Waals surface area contributed by atoms with E-state index >= 15 is 0 Å². The molecule has 0 radical (unpaired) electrons.